The number of rotatable bonds is 4. The predicted octanol–water partition coefficient (Wildman–Crippen LogP) is 0.948. The molecule has 1 atom stereocenters. The van der Waals surface area contributed by atoms with Crippen LogP contribution in [-0.2, 0) is 9.59 Å². The molecule has 0 aliphatic carbocycles. The van der Waals surface area contributed by atoms with Crippen LogP contribution >= 0.6 is 11.8 Å². The Hall–Kier alpha value is -0.970. The minimum Gasteiger partial charge on any atom is -0.352 e. The lowest BCUT2D eigenvalue weighted by atomic mass is 10.2. The molecule has 2 amide bonds. The second kappa shape index (κ2) is 5.80. The zero-order valence-electron chi connectivity index (χ0n) is 9.03. The maximum atomic E-state index is 11.5. The summed E-state index contributed by atoms with van der Waals surface area (Å²) in [5, 5.41) is 4.66. The Morgan fingerprint density at radius 2 is 2.47 bits per heavy atom. The highest BCUT2D eigenvalue weighted by Crippen LogP contribution is 2.11. The summed E-state index contributed by atoms with van der Waals surface area (Å²) in [7, 11) is 0. The Labute approximate surface area is 94.1 Å². The van der Waals surface area contributed by atoms with E-state index < -0.39 is 0 Å². The standard InChI is InChI=1S/C10H16N2O2S/c1-3-8(2)11-9(13)6-12-4-5-15-7-10(12)14/h4-5,8H,3,6-7H2,1-2H3,(H,11,13). The van der Waals surface area contributed by atoms with Gasteiger partial charge >= 0.3 is 0 Å². The molecule has 0 bridgehead atoms. The molecular weight excluding hydrogens is 212 g/mol. The van der Waals surface area contributed by atoms with E-state index in [1.165, 1.54) is 16.7 Å². The van der Waals surface area contributed by atoms with E-state index >= 15 is 0 Å². The van der Waals surface area contributed by atoms with Gasteiger partial charge in [0.15, 0.2) is 0 Å². The summed E-state index contributed by atoms with van der Waals surface area (Å²) in [5.41, 5.74) is 0. The summed E-state index contributed by atoms with van der Waals surface area (Å²) in [6.45, 7) is 4.08. The van der Waals surface area contributed by atoms with Gasteiger partial charge in [-0.05, 0) is 18.8 Å². The Morgan fingerprint density at radius 3 is 3.07 bits per heavy atom. The van der Waals surface area contributed by atoms with Crippen LogP contribution in [0.4, 0.5) is 0 Å². The number of hydrogen-bond acceptors (Lipinski definition) is 3. The smallest absolute Gasteiger partial charge is 0.240 e. The van der Waals surface area contributed by atoms with Crippen molar-refractivity contribution in [1.29, 1.82) is 0 Å². The first-order valence-corrected chi connectivity index (χ1v) is 6.05. The average molecular weight is 228 g/mol. The van der Waals surface area contributed by atoms with Crippen molar-refractivity contribution in [2.75, 3.05) is 12.3 Å². The topological polar surface area (TPSA) is 49.4 Å². The lowest BCUT2D eigenvalue weighted by Crippen LogP contribution is -2.42. The normalized spacial score (nSPS) is 17.7. The molecular formula is C10H16N2O2S. The molecule has 5 heteroatoms. The van der Waals surface area contributed by atoms with E-state index in [0.717, 1.165) is 6.42 Å². The van der Waals surface area contributed by atoms with Gasteiger partial charge in [-0.2, -0.15) is 0 Å². The van der Waals surface area contributed by atoms with Gasteiger partial charge in [-0.1, -0.05) is 6.92 Å². The molecule has 1 unspecified atom stereocenters. The van der Waals surface area contributed by atoms with Gasteiger partial charge in [0.05, 0.1) is 5.75 Å². The second-order valence-electron chi connectivity index (χ2n) is 3.49. The summed E-state index contributed by atoms with van der Waals surface area (Å²) in [4.78, 5) is 24.3. The van der Waals surface area contributed by atoms with Crippen LogP contribution in [0, 0.1) is 0 Å². The van der Waals surface area contributed by atoms with Gasteiger partial charge in [0.1, 0.15) is 6.54 Å². The zero-order valence-corrected chi connectivity index (χ0v) is 9.84. The highest BCUT2D eigenvalue weighted by molar-refractivity contribution is 8.02. The molecule has 0 radical (unpaired) electrons. The molecule has 1 aliphatic rings. The van der Waals surface area contributed by atoms with E-state index in [0.29, 0.717) is 5.75 Å². The Balaban J connectivity index is 2.40. The highest BCUT2D eigenvalue weighted by Gasteiger charge is 2.17. The number of thioether (sulfide) groups is 1. The first-order valence-electron chi connectivity index (χ1n) is 5.00. The summed E-state index contributed by atoms with van der Waals surface area (Å²) in [5.74, 6) is 0.309. The van der Waals surface area contributed by atoms with Crippen molar-refractivity contribution < 1.29 is 9.59 Å². The molecule has 0 aromatic heterocycles. The first kappa shape index (κ1) is 12.1. The van der Waals surface area contributed by atoms with E-state index in [1.807, 2.05) is 19.3 Å². The molecule has 1 N–H and O–H groups in total. The third-order valence-electron chi connectivity index (χ3n) is 2.20. The maximum Gasteiger partial charge on any atom is 0.240 e. The summed E-state index contributed by atoms with van der Waals surface area (Å²) >= 11 is 1.45. The fourth-order valence-electron chi connectivity index (χ4n) is 1.12. The van der Waals surface area contributed by atoms with Crippen LogP contribution in [0.25, 0.3) is 0 Å². The monoisotopic (exact) mass is 228 g/mol. The van der Waals surface area contributed by atoms with Crippen LogP contribution in [0.5, 0.6) is 0 Å². The largest absolute Gasteiger partial charge is 0.352 e. The van der Waals surface area contributed by atoms with E-state index in [-0.39, 0.29) is 24.4 Å². The molecule has 15 heavy (non-hydrogen) atoms. The molecule has 0 fully saturated rings. The molecule has 4 nitrogen and oxygen atoms in total. The molecule has 0 saturated carbocycles. The summed E-state index contributed by atoms with van der Waals surface area (Å²) < 4.78 is 0. The van der Waals surface area contributed by atoms with Crippen molar-refractivity contribution in [3.63, 3.8) is 0 Å². The lowest BCUT2D eigenvalue weighted by molar-refractivity contribution is -0.131. The Kier molecular flexibility index (Phi) is 4.68. The van der Waals surface area contributed by atoms with E-state index in [4.69, 9.17) is 0 Å². The minimum absolute atomic E-state index is 0.0122. The predicted molar refractivity (Wildman–Crippen MR) is 61.2 cm³/mol. The highest BCUT2D eigenvalue weighted by atomic mass is 32.2. The first-order chi connectivity index (χ1) is 7.13. The quantitative estimate of drug-likeness (QED) is 0.779. The fourth-order valence-corrected chi connectivity index (χ4v) is 1.76. The van der Waals surface area contributed by atoms with Gasteiger partial charge in [-0.3, -0.25) is 9.59 Å². The van der Waals surface area contributed by atoms with Crippen LogP contribution < -0.4 is 5.32 Å². The Morgan fingerprint density at radius 1 is 1.73 bits per heavy atom. The zero-order chi connectivity index (χ0) is 11.3. The van der Waals surface area contributed by atoms with Crippen molar-refractivity contribution in [3.8, 4) is 0 Å². The van der Waals surface area contributed by atoms with Crippen LogP contribution in [0.3, 0.4) is 0 Å². The number of nitrogens with one attached hydrogen (secondary N) is 1. The van der Waals surface area contributed by atoms with Crippen LogP contribution in [0.1, 0.15) is 20.3 Å². The SMILES string of the molecule is CCC(C)NC(=O)CN1C=CSCC1=O. The number of nitrogens with zero attached hydrogens (tertiary/aromatic N) is 1. The summed E-state index contributed by atoms with van der Waals surface area (Å²) in [6.07, 6.45) is 2.55. The van der Waals surface area contributed by atoms with Crippen molar-refractivity contribution in [3.05, 3.63) is 11.6 Å². The average Bonchev–Trinajstić information content (AvgIpc) is 2.21. The molecule has 0 aromatic rings. The molecule has 1 heterocycles. The van der Waals surface area contributed by atoms with Gasteiger partial charge in [-0.15, -0.1) is 11.8 Å². The fraction of sp³-hybridized carbons (Fsp3) is 0.600. The number of carbonyl (C=O) groups is 2. The van der Waals surface area contributed by atoms with Gasteiger partial charge in [0.2, 0.25) is 11.8 Å². The third kappa shape index (κ3) is 3.95. The van der Waals surface area contributed by atoms with Crippen LogP contribution in [0.15, 0.2) is 11.6 Å². The molecule has 1 rings (SSSR count). The van der Waals surface area contributed by atoms with Crippen LogP contribution in [-0.4, -0.2) is 35.1 Å². The van der Waals surface area contributed by atoms with Crippen molar-refractivity contribution >= 4 is 23.6 Å². The molecule has 0 aromatic carbocycles. The molecule has 1 aliphatic heterocycles. The van der Waals surface area contributed by atoms with Crippen molar-refractivity contribution in [2.24, 2.45) is 0 Å². The van der Waals surface area contributed by atoms with Gasteiger partial charge in [-0.25, -0.2) is 0 Å². The summed E-state index contributed by atoms with van der Waals surface area (Å²) in [6, 6.07) is 0.163. The van der Waals surface area contributed by atoms with E-state index in [9.17, 15) is 9.59 Å². The lowest BCUT2D eigenvalue weighted by Gasteiger charge is -2.21. The number of amides is 2. The number of carbonyl (C=O) groups excluding carboxylic acids is 2. The van der Waals surface area contributed by atoms with E-state index in [2.05, 4.69) is 5.32 Å². The van der Waals surface area contributed by atoms with Crippen molar-refractivity contribution in [1.82, 2.24) is 10.2 Å². The second-order valence-corrected chi connectivity index (χ2v) is 4.39. The minimum atomic E-state index is -0.103. The molecule has 0 spiro atoms. The maximum absolute atomic E-state index is 11.5. The van der Waals surface area contributed by atoms with Crippen LogP contribution in [0.2, 0.25) is 0 Å². The number of hydrogen-bond donors (Lipinski definition) is 1. The Bertz CT molecular complexity index is 279. The van der Waals surface area contributed by atoms with Crippen molar-refractivity contribution in [2.45, 2.75) is 26.3 Å². The third-order valence-corrected chi connectivity index (χ3v) is 2.93. The van der Waals surface area contributed by atoms with E-state index in [1.54, 1.807) is 6.20 Å². The van der Waals surface area contributed by atoms with Gasteiger partial charge < -0.3 is 10.2 Å². The van der Waals surface area contributed by atoms with Gasteiger partial charge in [0.25, 0.3) is 0 Å². The van der Waals surface area contributed by atoms with Gasteiger partial charge in [0, 0.05) is 12.2 Å². The molecule has 84 valence electrons. The molecule has 0 saturated heterocycles.